The first kappa shape index (κ1) is 10.7. The fourth-order valence-corrected chi connectivity index (χ4v) is 1.49. The number of hydrogen-bond acceptors (Lipinski definition) is 1. The van der Waals surface area contributed by atoms with E-state index in [9.17, 15) is 4.39 Å². The van der Waals surface area contributed by atoms with Gasteiger partial charge in [-0.3, -0.25) is 0 Å². The zero-order valence-corrected chi connectivity index (χ0v) is 9.11. The standard InChI is InChI=1S/C14H13FO/c1-2-13(15)10-16-14-8-7-11-5-3-4-6-12(11)9-14/h2-9H,10H2,1H3/b13-2+. The van der Waals surface area contributed by atoms with Crippen molar-refractivity contribution in [3.05, 3.63) is 54.4 Å². The van der Waals surface area contributed by atoms with Gasteiger partial charge >= 0.3 is 0 Å². The SMILES string of the molecule is C/C=C(/F)COc1ccc2ccccc2c1. The summed E-state index contributed by atoms with van der Waals surface area (Å²) >= 11 is 0. The summed E-state index contributed by atoms with van der Waals surface area (Å²) < 4.78 is 18.2. The van der Waals surface area contributed by atoms with Gasteiger partial charge in [-0.05, 0) is 29.8 Å². The highest BCUT2D eigenvalue weighted by Gasteiger charge is 1.98. The molecule has 0 radical (unpaired) electrons. The third-order valence-electron chi connectivity index (χ3n) is 2.41. The molecule has 0 atom stereocenters. The van der Waals surface area contributed by atoms with Crippen molar-refractivity contribution in [2.75, 3.05) is 6.61 Å². The number of allylic oxidation sites excluding steroid dienone is 1. The van der Waals surface area contributed by atoms with E-state index in [0.29, 0.717) is 5.75 Å². The van der Waals surface area contributed by atoms with Gasteiger partial charge in [-0.15, -0.1) is 0 Å². The Hall–Kier alpha value is -1.83. The molecule has 0 aromatic heterocycles. The van der Waals surface area contributed by atoms with Gasteiger partial charge in [0.25, 0.3) is 0 Å². The van der Waals surface area contributed by atoms with E-state index in [1.165, 1.54) is 6.08 Å². The molecule has 2 rings (SSSR count). The Balaban J connectivity index is 2.20. The largest absolute Gasteiger partial charge is 0.486 e. The zero-order valence-electron chi connectivity index (χ0n) is 9.11. The van der Waals surface area contributed by atoms with Crippen LogP contribution in [0.25, 0.3) is 10.8 Å². The number of hydrogen-bond donors (Lipinski definition) is 0. The minimum atomic E-state index is -0.256. The number of halogens is 1. The average molecular weight is 216 g/mol. The van der Waals surface area contributed by atoms with E-state index in [1.54, 1.807) is 6.92 Å². The molecule has 0 aliphatic rings. The Morgan fingerprint density at radius 1 is 1.19 bits per heavy atom. The van der Waals surface area contributed by atoms with Gasteiger partial charge in [0.05, 0.1) is 0 Å². The fraction of sp³-hybridized carbons (Fsp3) is 0.143. The van der Waals surface area contributed by atoms with E-state index in [-0.39, 0.29) is 12.4 Å². The molecule has 0 spiro atoms. The van der Waals surface area contributed by atoms with Crippen LogP contribution in [0.3, 0.4) is 0 Å². The molecular formula is C14H13FO. The molecule has 0 aliphatic heterocycles. The molecule has 0 saturated heterocycles. The topological polar surface area (TPSA) is 9.23 Å². The summed E-state index contributed by atoms with van der Waals surface area (Å²) in [6.07, 6.45) is 1.40. The fourth-order valence-electron chi connectivity index (χ4n) is 1.49. The number of rotatable bonds is 3. The van der Waals surface area contributed by atoms with Crippen molar-refractivity contribution in [3.8, 4) is 5.75 Å². The Kier molecular flexibility index (Phi) is 3.20. The van der Waals surface area contributed by atoms with Gasteiger partial charge in [-0.2, -0.15) is 0 Å². The van der Waals surface area contributed by atoms with E-state index in [1.807, 2.05) is 42.5 Å². The molecule has 1 nitrogen and oxygen atoms in total. The maximum atomic E-state index is 12.9. The highest BCUT2D eigenvalue weighted by Crippen LogP contribution is 2.20. The summed E-state index contributed by atoms with van der Waals surface area (Å²) in [4.78, 5) is 0. The molecule has 0 fully saturated rings. The van der Waals surface area contributed by atoms with Crippen LogP contribution in [-0.4, -0.2) is 6.61 Å². The maximum Gasteiger partial charge on any atom is 0.139 e. The summed E-state index contributed by atoms with van der Waals surface area (Å²) in [7, 11) is 0. The number of fused-ring (bicyclic) bond motifs is 1. The molecule has 0 unspecified atom stereocenters. The monoisotopic (exact) mass is 216 g/mol. The lowest BCUT2D eigenvalue weighted by Crippen LogP contribution is -1.97. The highest BCUT2D eigenvalue weighted by atomic mass is 19.1. The summed E-state index contributed by atoms with van der Waals surface area (Å²) in [5.74, 6) is 0.434. The van der Waals surface area contributed by atoms with Crippen molar-refractivity contribution >= 4 is 10.8 Å². The Morgan fingerprint density at radius 2 is 1.94 bits per heavy atom. The van der Waals surface area contributed by atoms with Crippen LogP contribution in [0.4, 0.5) is 4.39 Å². The first-order valence-electron chi connectivity index (χ1n) is 5.22. The van der Waals surface area contributed by atoms with Crippen molar-refractivity contribution in [2.24, 2.45) is 0 Å². The lowest BCUT2D eigenvalue weighted by molar-refractivity contribution is 0.319. The second-order valence-corrected chi connectivity index (χ2v) is 3.53. The van der Waals surface area contributed by atoms with E-state index >= 15 is 0 Å². The molecule has 16 heavy (non-hydrogen) atoms. The van der Waals surface area contributed by atoms with E-state index in [4.69, 9.17) is 4.74 Å². The molecule has 82 valence electrons. The van der Waals surface area contributed by atoms with Crippen LogP contribution in [0.1, 0.15) is 6.92 Å². The molecule has 0 saturated carbocycles. The van der Waals surface area contributed by atoms with Crippen LogP contribution in [0, 0.1) is 0 Å². The van der Waals surface area contributed by atoms with E-state index in [2.05, 4.69) is 0 Å². The Morgan fingerprint density at radius 3 is 2.69 bits per heavy atom. The van der Waals surface area contributed by atoms with Crippen LogP contribution in [0.2, 0.25) is 0 Å². The lowest BCUT2D eigenvalue weighted by atomic mass is 10.1. The molecule has 0 N–H and O–H groups in total. The number of benzene rings is 2. The summed E-state index contributed by atoms with van der Waals surface area (Å²) in [5, 5.41) is 2.25. The Labute approximate surface area is 94.2 Å². The van der Waals surface area contributed by atoms with Gasteiger partial charge in [-0.25, -0.2) is 4.39 Å². The number of ether oxygens (including phenoxy) is 1. The molecule has 0 bridgehead atoms. The van der Waals surface area contributed by atoms with E-state index in [0.717, 1.165) is 10.8 Å². The van der Waals surface area contributed by atoms with Gasteiger partial charge in [0.2, 0.25) is 0 Å². The van der Waals surface area contributed by atoms with Crippen molar-refractivity contribution in [2.45, 2.75) is 6.92 Å². The molecule has 2 heteroatoms. The van der Waals surface area contributed by atoms with Crippen LogP contribution in [0.15, 0.2) is 54.4 Å². The summed E-state index contributed by atoms with van der Waals surface area (Å²) in [5.41, 5.74) is 0. The predicted molar refractivity (Wildman–Crippen MR) is 64.3 cm³/mol. The van der Waals surface area contributed by atoms with Crippen molar-refractivity contribution in [1.29, 1.82) is 0 Å². The molecule has 0 aliphatic carbocycles. The van der Waals surface area contributed by atoms with Gasteiger partial charge in [0.1, 0.15) is 18.2 Å². The second kappa shape index (κ2) is 4.79. The van der Waals surface area contributed by atoms with Gasteiger partial charge in [0.15, 0.2) is 0 Å². The van der Waals surface area contributed by atoms with Crippen LogP contribution >= 0.6 is 0 Å². The van der Waals surface area contributed by atoms with Crippen molar-refractivity contribution < 1.29 is 9.13 Å². The minimum absolute atomic E-state index is 0.00512. The minimum Gasteiger partial charge on any atom is -0.486 e. The average Bonchev–Trinajstić information content (AvgIpc) is 2.35. The smallest absolute Gasteiger partial charge is 0.139 e. The third kappa shape index (κ3) is 2.40. The van der Waals surface area contributed by atoms with Gasteiger partial charge < -0.3 is 4.74 Å². The maximum absolute atomic E-state index is 12.9. The third-order valence-corrected chi connectivity index (χ3v) is 2.41. The highest BCUT2D eigenvalue weighted by molar-refractivity contribution is 5.83. The molecule has 2 aromatic carbocycles. The summed E-state index contributed by atoms with van der Waals surface area (Å²) in [6, 6.07) is 13.7. The van der Waals surface area contributed by atoms with Crippen molar-refractivity contribution in [1.82, 2.24) is 0 Å². The van der Waals surface area contributed by atoms with E-state index < -0.39 is 0 Å². The quantitative estimate of drug-likeness (QED) is 0.750. The first-order chi connectivity index (χ1) is 7.79. The molecular weight excluding hydrogens is 203 g/mol. The predicted octanol–water partition coefficient (Wildman–Crippen LogP) is 4.09. The molecule has 0 heterocycles. The second-order valence-electron chi connectivity index (χ2n) is 3.53. The first-order valence-corrected chi connectivity index (χ1v) is 5.22. The van der Waals surface area contributed by atoms with Gasteiger partial charge in [0, 0.05) is 0 Å². The van der Waals surface area contributed by atoms with Crippen LogP contribution < -0.4 is 4.74 Å². The Bertz CT molecular complexity index is 517. The summed E-state index contributed by atoms with van der Waals surface area (Å²) in [6.45, 7) is 1.65. The van der Waals surface area contributed by atoms with Gasteiger partial charge in [-0.1, -0.05) is 36.4 Å². The van der Waals surface area contributed by atoms with Crippen LogP contribution in [-0.2, 0) is 0 Å². The van der Waals surface area contributed by atoms with Crippen molar-refractivity contribution in [3.63, 3.8) is 0 Å². The molecule has 2 aromatic rings. The van der Waals surface area contributed by atoms with Crippen LogP contribution in [0.5, 0.6) is 5.75 Å². The normalized spacial score (nSPS) is 11.8. The molecule has 0 amide bonds. The zero-order chi connectivity index (χ0) is 11.4. The lowest BCUT2D eigenvalue weighted by Gasteiger charge is -2.05.